The molecule has 0 spiro atoms. The van der Waals surface area contributed by atoms with Gasteiger partial charge >= 0.3 is 5.97 Å². The highest BCUT2D eigenvalue weighted by molar-refractivity contribution is 6.32. The van der Waals surface area contributed by atoms with Gasteiger partial charge in [0.05, 0.1) is 16.7 Å². The summed E-state index contributed by atoms with van der Waals surface area (Å²) in [5.74, 6) is -1.86. The summed E-state index contributed by atoms with van der Waals surface area (Å²) in [4.78, 5) is 10.8. The number of nitrogens with zero attached hydrogens (tertiary/aromatic N) is 1. The lowest BCUT2D eigenvalue weighted by atomic mass is 10.1. The number of halogens is 2. The molecule has 104 valence electrons. The second-order valence-electron chi connectivity index (χ2n) is 4.46. The highest BCUT2D eigenvalue weighted by Gasteiger charge is 2.27. The average molecular weight is 298 g/mol. The number of ether oxygens (including phenoxy) is 1. The summed E-state index contributed by atoms with van der Waals surface area (Å²) >= 11 is 5.99. The zero-order valence-electron chi connectivity index (χ0n) is 10.1. The van der Waals surface area contributed by atoms with Crippen LogP contribution in [-0.2, 0) is 0 Å². The predicted molar refractivity (Wildman–Crippen MR) is 67.5 cm³/mol. The molecule has 0 amide bonds. The van der Waals surface area contributed by atoms with E-state index in [0.717, 1.165) is 18.9 Å². The maximum atomic E-state index is 13.5. The largest absolute Gasteiger partial charge is 0.488 e. The van der Waals surface area contributed by atoms with Crippen molar-refractivity contribution in [3.05, 3.63) is 34.8 Å². The van der Waals surface area contributed by atoms with Gasteiger partial charge in [-0.2, -0.15) is 0 Å². The maximum Gasteiger partial charge on any atom is 0.374 e. The number of benzene rings is 1. The van der Waals surface area contributed by atoms with Crippen molar-refractivity contribution in [1.82, 2.24) is 5.16 Å². The Morgan fingerprint density at radius 2 is 2.20 bits per heavy atom. The van der Waals surface area contributed by atoms with E-state index in [4.69, 9.17) is 21.4 Å². The fourth-order valence-electron chi connectivity index (χ4n) is 1.73. The number of hydrogen-bond donors (Lipinski definition) is 1. The van der Waals surface area contributed by atoms with Crippen molar-refractivity contribution >= 4 is 17.6 Å². The lowest BCUT2D eigenvalue weighted by Crippen LogP contribution is -1.99. The Morgan fingerprint density at radius 3 is 2.80 bits per heavy atom. The molecule has 1 saturated carbocycles. The summed E-state index contributed by atoms with van der Waals surface area (Å²) in [7, 11) is 0. The fraction of sp³-hybridized carbons (Fsp3) is 0.231. The Hall–Kier alpha value is -2.08. The quantitative estimate of drug-likeness (QED) is 0.936. The van der Waals surface area contributed by atoms with Crippen molar-refractivity contribution in [2.45, 2.75) is 18.9 Å². The molecular weight excluding hydrogens is 289 g/mol. The van der Waals surface area contributed by atoms with Crippen molar-refractivity contribution in [3.63, 3.8) is 0 Å². The fourth-order valence-corrected chi connectivity index (χ4v) is 1.98. The Labute approximate surface area is 117 Å². The molecule has 0 unspecified atom stereocenters. The molecule has 0 bridgehead atoms. The van der Waals surface area contributed by atoms with Crippen LogP contribution in [0.1, 0.15) is 23.4 Å². The van der Waals surface area contributed by atoms with Gasteiger partial charge < -0.3 is 14.4 Å². The van der Waals surface area contributed by atoms with Crippen molar-refractivity contribution in [2.75, 3.05) is 0 Å². The summed E-state index contributed by atoms with van der Waals surface area (Å²) in [6.45, 7) is 0. The van der Waals surface area contributed by atoms with Crippen molar-refractivity contribution in [2.24, 2.45) is 0 Å². The topological polar surface area (TPSA) is 72.6 Å². The van der Waals surface area contributed by atoms with Crippen molar-refractivity contribution in [1.29, 1.82) is 0 Å². The van der Waals surface area contributed by atoms with Crippen molar-refractivity contribution < 1.29 is 23.6 Å². The molecule has 7 heteroatoms. The molecule has 0 saturated heterocycles. The first kappa shape index (κ1) is 12.9. The van der Waals surface area contributed by atoms with Crippen LogP contribution in [0.2, 0.25) is 5.02 Å². The van der Waals surface area contributed by atoms with Crippen LogP contribution in [0.3, 0.4) is 0 Å². The second-order valence-corrected chi connectivity index (χ2v) is 4.87. The monoisotopic (exact) mass is 297 g/mol. The Morgan fingerprint density at radius 1 is 1.45 bits per heavy atom. The van der Waals surface area contributed by atoms with E-state index < -0.39 is 11.8 Å². The van der Waals surface area contributed by atoms with Crippen LogP contribution in [0.25, 0.3) is 11.3 Å². The van der Waals surface area contributed by atoms with Crippen LogP contribution in [0.4, 0.5) is 4.39 Å². The molecule has 1 aromatic carbocycles. The molecule has 20 heavy (non-hydrogen) atoms. The Kier molecular flexibility index (Phi) is 3.10. The Balaban J connectivity index is 2.07. The second kappa shape index (κ2) is 4.79. The van der Waals surface area contributed by atoms with E-state index >= 15 is 0 Å². The number of hydrogen-bond acceptors (Lipinski definition) is 4. The molecular formula is C13H9ClFNO4. The van der Waals surface area contributed by atoms with Crippen molar-refractivity contribution in [3.8, 4) is 17.0 Å². The first-order valence-electron chi connectivity index (χ1n) is 5.90. The number of aromatic nitrogens is 1. The van der Waals surface area contributed by atoms with Crippen LogP contribution >= 0.6 is 11.6 Å². The van der Waals surface area contributed by atoms with Gasteiger partial charge in [0.25, 0.3) is 0 Å². The molecule has 5 nitrogen and oxygen atoms in total. The molecule has 0 atom stereocenters. The Bertz CT molecular complexity index is 681. The van der Waals surface area contributed by atoms with E-state index in [9.17, 15) is 9.18 Å². The molecule has 0 aliphatic heterocycles. The highest BCUT2D eigenvalue weighted by atomic mass is 35.5. The van der Waals surface area contributed by atoms with Gasteiger partial charge in [0.1, 0.15) is 17.3 Å². The minimum atomic E-state index is -1.25. The van der Waals surface area contributed by atoms with E-state index in [1.165, 1.54) is 12.1 Å². The average Bonchev–Trinajstić information content (AvgIpc) is 3.05. The van der Waals surface area contributed by atoms with Gasteiger partial charge in [0.15, 0.2) is 0 Å². The van der Waals surface area contributed by atoms with Gasteiger partial charge in [-0.15, -0.1) is 0 Å². The van der Waals surface area contributed by atoms with E-state index in [0.29, 0.717) is 5.75 Å². The SMILES string of the molecule is O=C(O)c1cc(-c2cc(F)cc(Cl)c2OC2CC2)no1. The van der Waals surface area contributed by atoms with Crippen LogP contribution in [-0.4, -0.2) is 22.3 Å². The summed E-state index contributed by atoms with van der Waals surface area (Å²) in [5, 5.41) is 12.5. The molecule has 1 fully saturated rings. The highest BCUT2D eigenvalue weighted by Crippen LogP contribution is 2.40. The minimum Gasteiger partial charge on any atom is -0.488 e. The zero-order valence-corrected chi connectivity index (χ0v) is 10.9. The molecule has 0 radical (unpaired) electrons. The number of carboxylic acid groups (broad SMARTS) is 1. The molecule has 1 heterocycles. The van der Waals surface area contributed by atoms with Gasteiger partial charge in [-0.25, -0.2) is 9.18 Å². The van der Waals surface area contributed by atoms with Gasteiger partial charge in [-0.1, -0.05) is 16.8 Å². The number of carboxylic acids is 1. The molecule has 1 aliphatic rings. The third-order valence-corrected chi connectivity index (χ3v) is 3.09. The summed E-state index contributed by atoms with van der Waals surface area (Å²) in [5.41, 5.74) is 0.442. The molecule has 1 aliphatic carbocycles. The number of aromatic carboxylic acids is 1. The maximum absolute atomic E-state index is 13.5. The standard InChI is InChI=1S/C13H9ClFNO4/c14-9-4-6(15)3-8(12(9)19-7-1-2-7)10-5-11(13(17)18)20-16-10/h3-5,7H,1-2H2,(H,17,18). The van der Waals surface area contributed by atoms with Crippen LogP contribution < -0.4 is 4.74 Å². The van der Waals surface area contributed by atoms with Gasteiger partial charge in [-0.05, 0) is 25.0 Å². The number of carbonyl (C=O) groups is 1. The lowest BCUT2D eigenvalue weighted by molar-refractivity contribution is 0.0652. The normalized spacial score (nSPS) is 14.3. The summed E-state index contributed by atoms with van der Waals surface area (Å²) < 4.78 is 23.8. The van der Waals surface area contributed by atoms with E-state index in [-0.39, 0.29) is 28.1 Å². The third-order valence-electron chi connectivity index (χ3n) is 2.81. The van der Waals surface area contributed by atoms with Crippen LogP contribution in [0.15, 0.2) is 22.7 Å². The van der Waals surface area contributed by atoms with Gasteiger partial charge in [0.2, 0.25) is 5.76 Å². The smallest absolute Gasteiger partial charge is 0.374 e. The molecule has 1 aromatic heterocycles. The van der Waals surface area contributed by atoms with Crippen LogP contribution in [0, 0.1) is 5.82 Å². The van der Waals surface area contributed by atoms with E-state index in [1.807, 2.05) is 0 Å². The van der Waals surface area contributed by atoms with Gasteiger partial charge in [-0.3, -0.25) is 0 Å². The summed E-state index contributed by atoms with van der Waals surface area (Å²) in [6.07, 6.45) is 1.88. The summed E-state index contributed by atoms with van der Waals surface area (Å²) in [6, 6.07) is 3.53. The first-order chi connectivity index (χ1) is 9.54. The van der Waals surface area contributed by atoms with Gasteiger partial charge in [0, 0.05) is 6.07 Å². The third kappa shape index (κ3) is 2.46. The minimum absolute atomic E-state index is 0.0579. The zero-order chi connectivity index (χ0) is 14.3. The van der Waals surface area contributed by atoms with E-state index in [2.05, 4.69) is 9.68 Å². The van der Waals surface area contributed by atoms with E-state index in [1.54, 1.807) is 0 Å². The molecule has 2 aromatic rings. The molecule has 3 rings (SSSR count). The first-order valence-corrected chi connectivity index (χ1v) is 6.28. The molecule has 1 N–H and O–H groups in total. The number of rotatable bonds is 4. The lowest BCUT2D eigenvalue weighted by Gasteiger charge is -2.11. The van der Waals surface area contributed by atoms with Crippen LogP contribution in [0.5, 0.6) is 5.75 Å². The predicted octanol–water partition coefficient (Wildman–Crippen LogP) is 3.37.